The number of carboxylic acid groups (broad SMARTS) is 1. The number of aromatic carboxylic acids is 1. The first-order chi connectivity index (χ1) is 13.6. The quantitative estimate of drug-likeness (QED) is 0.552. The lowest BCUT2D eigenvalue weighted by atomic mass is 10.1. The highest BCUT2D eigenvalue weighted by Gasteiger charge is 2.27. The summed E-state index contributed by atoms with van der Waals surface area (Å²) < 4.78 is 35.7. The van der Waals surface area contributed by atoms with Gasteiger partial charge in [-0.05, 0) is 36.1 Å². The molecule has 11 heteroatoms. The average Bonchev–Trinajstić information content (AvgIpc) is 3.01. The van der Waals surface area contributed by atoms with Gasteiger partial charge in [0.25, 0.3) is 5.56 Å². The number of thiophene rings is 1. The van der Waals surface area contributed by atoms with Crippen molar-refractivity contribution in [2.45, 2.75) is 25.6 Å². The van der Waals surface area contributed by atoms with Crippen LogP contribution in [0.1, 0.15) is 32.2 Å². The van der Waals surface area contributed by atoms with Crippen molar-refractivity contribution < 1.29 is 22.7 Å². The second kappa shape index (κ2) is 8.01. The molecule has 3 aromatic rings. The molecule has 0 bridgehead atoms. The van der Waals surface area contributed by atoms with Gasteiger partial charge in [-0.25, -0.2) is 22.6 Å². The van der Waals surface area contributed by atoms with E-state index in [0.29, 0.717) is 27.9 Å². The Morgan fingerprint density at radius 3 is 2.76 bits per heavy atom. The first kappa shape index (κ1) is 21.1. The molecule has 3 heterocycles. The van der Waals surface area contributed by atoms with Crippen LogP contribution in [-0.2, 0) is 28.6 Å². The fraction of sp³-hybridized carbons (Fsp3) is 0.278. The second-order valence-electron chi connectivity index (χ2n) is 6.53. The van der Waals surface area contributed by atoms with Crippen LogP contribution in [0, 0.1) is 12.7 Å². The summed E-state index contributed by atoms with van der Waals surface area (Å²) in [5.41, 5.74) is 7.13. The number of nitrogens with one attached hydrogen (secondary N) is 1. The molecule has 4 rings (SSSR count). The molecular weight excluding hydrogens is 421 g/mol. The Balaban J connectivity index is 0.000000204. The molecule has 0 amide bonds. The zero-order valence-corrected chi connectivity index (χ0v) is 17.0. The zero-order valence-electron chi connectivity index (χ0n) is 15.4. The second-order valence-corrected chi connectivity index (χ2v) is 9.80. The van der Waals surface area contributed by atoms with Crippen molar-refractivity contribution in [1.29, 1.82) is 0 Å². The fourth-order valence-corrected chi connectivity index (χ4v) is 5.98. The van der Waals surface area contributed by atoms with Crippen LogP contribution in [-0.4, -0.2) is 35.2 Å². The van der Waals surface area contributed by atoms with E-state index < -0.39 is 27.2 Å². The number of nitrogens with two attached hydrogens (primary N) is 1. The van der Waals surface area contributed by atoms with Gasteiger partial charge in [0.05, 0.1) is 16.9 Å². The minimum Gasteiger partial charge on any atom is -0.475 e. The summed E-state index contributed by atoms with van der Waals surface area (Å²) >= 11 is 1.07. The van der Waals surface area contributed by atoms with E-state index in [2.05, 4.69) is 9.97 Å². The predicted octanol–water partition coefficient (Wildman–Crippen LogP) is 1.75. The van der Waals surface area contributed by atoms with Gasteiger partial charge in [-0.15, -0.1) is 11.3 Å². The molecule has 4 N–H and O–H groups in total. The van der Waals surface area contributed by atoms with Gasteiger partial charge in [0.2, 0.25) is 5.82 Å². The lowest BCUT2D eigenvalue weighted by Gasteiger charge is -2.11. The largest absolute Gasteiger partial charge is 0.475 e. The molecule has 0 radical (unpaired) electrons. The van der Waals surface area contributed by atoms with E-state index in [1.807, 2.05) is 0 Å². The number of nitrogens with zero attached hydrogens (tertiary/aromatic N) is 1. The molecule has 154 valence electrons. The Morgan fingerprint density at radius 1 is 1.41 bits per heavy atom. The minimum atomic E-state index is -3.13. The van der Waals surface area contributed by atoms with Gasteiger partial charge in [-0.2, -0.15) is 0 Å². The number of H-pyrrole nitrogens is 1. The first-order valence-electron chi connectivity index (χ1n) is 8.54. The summed E-state index contributed by atoms with van der Waals surface area (Å²) in [7, 11) is -3.13. The van der Waals surface area contributed by atoms with Gasteiger partial charge < -0.3 is 15.8 Å². The topological polar surface area (TPSA) is 143 Å². The Labute approximate surface area is 169 Å². The van der Waals surface area contributed by atoms with Crippen molar-refractivity contribution in [1.82, 2.24) is 9.97 Å². The van der Waals surface area contributed by atoms with E-state index in [1.54, 1.807) is 19.1 Å². The highest BCUT2D eigenvalue weighted by molar-refractivity contribution is 7.90. The third kappa shape index (κ3) is 4.52. The zero-order chi connectivity index (χ0) is 21.3. The molecular formula is C18H18FN3O5S2. The van der Waals surface area contributed by atoms with Crippen LogP contribution in [0.4, 0.5) is 4.39 Å². The third-order valence-electron chi connectivity index (χ3n) is 4.42. The molecule has 1 aliphatic heterocycles. The Morgan fingerprint density at radius 2 is 2.14 bits per heavy atom. The lowest BCUT2D eigenvalue weighted by Crippen LogP contribution is -2.20. The maximum absolute atomic E-state index is 12.6. The standard InChI is InChI=1S/C10H8N2O5S2.C8H10FN/c13-8-6-4-1-2-19(16,17)3-5(4)18-9(6)12-7(11-8)10(14)15;1-6-4-7(5-10)2-3-8(6)9/h1-3H2,(H,14,15)(H,11,12,13);2-4H,5,10H2,1H3. The highest BCUT2D eigenvalue weighted by atomic mass is 32.2. The lowest BCUT2D eigenvalue weighted by molar-refractivity contribution is 0.0683. The molecule has 0 unspecified atom stereocenters. The van der Waals surface area contributed by atoms with E-state index in [4.69, 9.17) is 10.8 Å². The summed E-state index contributed by atoms with van der Waals surface area (Å²) in [6.07, 6.45) is 0.273. The molecule has 2 aromatic heterocycles. The van der Waals surface area contributed by atoms with Gasteiger partial charge in [-0.1, -0.05) is 12.1 Å². The molecule has 1 aliphatic rings. The number of halogens is 1. The van der Waals surface area contributed by atoms with Gasteiger partial charge >= 0.3 is 5.97 Å². The number of aromatic nitrogens is 2. The number of hydrogen-bond donors (Lipinski definition) is 3. The van der Waals surface area contributed by atoms with Crippen molar-refractivity contribution in [3.8, 4) is 0 Å². The molecule has 1 aromatic carbocycles. The van der Waals surface area contributed by atoms with E-state index in [0.717, 1.165) is 16.9 Å². The minimum absolute atomic E-state index is 0.00591. The number of hydrogen-bond acceptors (Lipinski definition) is 7. The highest BCUT2D eigenvalue weighted by Crippen LogP contribution is 2.33. The number of benzene rings is 1. The number of aryl methyl sites for hydroxylation is 2. The summed E-state index contributed by atoms with van der Waals surface area (Å²) in [4.78, 5) is 29.6. The number of sulfone groups is 1. The Hall–Kier alpha value is -2.63. The summed E-state index contributed by atoms with van der Waals surface area (Å²) in [6.45, 7) is 2.20. The summed E-state index contributed by atoms with van der Waals surface area (Å²) in [5, 5.41) is 9.15. The molecule has 0 saturated carbocycles. The number of rotatable bonds is 2. The van der Waals surface area contributed by atoms with Gasteiger partial charge in [0.15, 0.2) is 9.84 Å². The van der Waals surface area contributed by atoms with Crippen molar-refractivity contribution in [2.24, 2.45) is 5.73 Å². The van der Waals surface area contributed by atoms with Gasteiger partial charge in [0, 0.05) is 11.4 Å². The van der Waals surface area contributed by atoms with E-state index in [1.165, 1.54) is 6.07 Å². The maximum atomic E-state index is 12.6. The molecule has 0 fully saturated rings. The van der Waals surface area contributed by atoms with Crippen LogP contribution in [0.5, 0.6) is 0 Å². The van der Waals surface area contributed by atoms with Crippen LogP contribution in [0.2, 0.25) is 0 Å². The van der Waals surface area contributed by atoms with Crippen LogP contribution in [0.3, 0.4) is 0 Å². The number of carboxylic acids is 1. The molecule has 29 heavy (non-hydrogen) atoms. The number of aromatic amines is 1. The normalized spacial score (nSPS) is 14.7. The number of carbonyl (C=O) groups is 1. The van der Waals surface area contributed by atoms with Gasteiger partial charge in [-0.3, -0.25) is 4.79 Å². The van der Waals surface area contributed by atoms with E-state index in [-0.39, 0.29) is 28.6 Å². The van der Waals surface area contributed by atoms with Crippen molar-refractivity contribution in [3.05, 3.63) is 61.8 Å². The van der Waals surface area contributed by atoms with Crippen LogP contribution < -0.4 is 11.3 Å². The summed E-state index contributed by atoms with van der Waals surface area (Å²) in [6, 6.07) is 4.90. The summed E-state index contributed by atoms with van der Waals surface area (Å²) in [5.74, 6) is -2.02. The van der Waals surface area contributed by atoms with E-state index >= 15 is 0 Å². The Bertz CT molecular complexity index is 1260. The molecule has 8 nitrogen and oxygen atoms in total. The molecule has 0 aliphatic carbocycles. The monoisotopic (exact) mass is 439 g/mol. The van der Waals surface area contributed by atoms with Crippen molar-refractivity contribution in [3.63, 3.8) is 0 Å². The molecule has 0 atom stereocenters. The van der Waals surface area contributed by atoms with Crippen molar-refractivity contribution >= 4 is 37.4 Å². The van der Waals surface area contributed by atoms with Crippen LogP contribution in [0.15, 0.2) is 23.0 Å². The van der Waals surface area contributed by atoms with Gasteiger partial charge in [0.1, 0.15) is 10.6 Å². The van der Waals surface area contributed by atoms with Crippen LogP contribution >= 0.6 is 11.3 Å². The number of fused-ring (bicyclic) bond motifs is 3. The van der Waals surface area contributed by atoms with Crippen LogP contribution in [0.25, 0.3) is 10.2 Å². The third-order valence-corrected chi connectivity index (χ3v) is 7.28. The molecule has 0 spiro atoms. The maximum Gasteiger partial charge on any atom is 0.372 e. The van der Waals surface area contributed by atoms with Crippen molar-refractivity contribution in [2.75, 3.05) is 5.75 Å². The first-order valence-corrected chi connectivity index (χ1v) is 11.2. The average molecular weight is 439 g/mol. The predicted molar refractivity (Wildman–Crippen MR) is 107 cm³/mol. The Kier molecular flexibility index (Phi) is 5.82. The fourth-order valence-electron chi connectivity index (χ4n) is 2.96. The SMILES string of the molecule is Cc1cc(CN)ccc1F.O=C(O)c1nc2sc3c(c2c(=O)[nH]1)CCS(=O)(=O)C3. The smallest absolute Gasteiger partial charge is 0.372 e. The molecule has 0 saturated heterocycles. The van der Waals surface area contributed by atoms with E-state index in [9.17, 15) is 22.4 Å².